The summed E-state index contributed by atoms with van der Waals surface area (Å²) in [5.41, 5.74) is -0.0163. The number of alkyl carbamates (subject to hydrolysis) is 1. The van der Waals surface area contributed by atoms with Crippen LogP contribution in [0, 0.1) is 0 Å². The molecule has 1 aliphatic rings. The second-order valence-electron chi connectivity index (χ2n) is 6.67. The first-order valence-corrected chi connectivity index (χ1v) is 8.89. The highest BCUT2D eigenvalue weighted by atomic mass is 16.5. The van der Waals surface area contributed by atoms with E-state index in [0.717, 1.165) is 18.4 Å². The largest absolute Gasteiger partial charge is 0.479 e. The molecule has 0 atom stereocenters. The number of nitrogens with one attached hydrogen (secondary N) is 1. The van der Waals surface area contributed by atoms with Crippen molar-refractivity contribution in [2.75, 3.05) is 13.2 Å². The van der Waals surface area contributed by atoms with Gasteiger partial charge in [0.25, 0.3) is 0 Å². The molecular weight excluding hydrogens is 306 g/mol. The molecule has 1 aliphatic heterocycles. The molecule has 1 rings (SSSR count). The van der Waals surface area contributed by atoms with Gasteiger partial charge in [-0.1, -0.05) is 39.0 Å². The summed E-state index contributed by atoms with van der Waals surface area (Å²) >= 11 is 0. The van der Waals surface area contributed by atoms with Gasteiger partial charge in [0, 0.05) is 12.6 Å². The summed E-state index contributed by atoms with van der Waals surface area (Å²) in [5.74, 6) is 0.490. The van der Waals surface area contributed by atoms with Gasteiger partial charge in [0.1, 0.15) is 12.4 Å². The highest BCUT2D eigenvalue weighted by Gasteiger charge is 2.35. The highest BCUT2D eigenvalue weighted by molar-refractivity contribution is 5.99. The lowest BCUT2D eigenvalue weighted by Crippen LogP contribution is -2.27. The van der Waals surface area contributed by atoms with Crippen molar-refractivity contribution in [3.63, 3.8) is 0 Å². The van der Waals surface area contributed by atoms with Gasteiger partial charge in [0.2, 0.25) is 5.78 Å². The minimum Gasteiger partial charge on any atom is -0.479 e. The van der Waals surface area contributed by atoms with Crippen LogP contribution in [0.4, 0.5) is 4.79 Å². The molecular formula is C19H31NO4. The van der Waals surface area contributed by atoms with E-state index in [1.54, 1.807) is 19.9 Å². The van der Waals surface area contributed by atoms with Crippen LogP contribution in [0.3, 0.4) is 0 Å². The number of amides is 1. The van der Waals surface area contributed by atoms with E-state index in [1.807, 2.05) is 6.92 Å². The molecule has 0 unspecified atom stereocenters. The van der Waals surface area contributed by atoms with Crippen LogP contribution >= 0.6 is 0 Å². The summed E-state index contributed by atoms with van der Waals surface area (Å²) in [4.78, 5) is 23.3. The smallest absolute Gasteiger partial charge is 0.407 e. The fourth-order valence-electron chi connectivity index (χ4n) is 2.33. The molecule has 0 aromatic carbocycles. The van der Waals surface area contributed by atoms with Gasteiger partial charge in [0.05, 0.1) is 0 Å². The van der Waals surface area contributed by atoms with Gasteiger partial charge in [-0.3, -0.25) is 4.79 Å². The van der Waals surface area contributed by atoms with E-state index in [2.05, 4.69) is 12.2 Å². The molecule has 136 valence electrons. The van der Waals surface area contributed by atoms with Crippen molar-refractivity contribution in [3.05, 3.63) is 23.5 Å². The molecule has 0 aromatic heterocycles. The molecule has 0 radical (unpaired) electrons. The molecule has 0 aromatic rings. The first-order chi connectivity index (χ1) is 11.4. The van der Waals surface area contributed by atoms with Crippen molar-refractivity contribution < 1.29 is 19.1 Å². The van der Waals surface area contributed by atoms with E-state index in [-0.39, 0.29) is 12.4 Å². The van der Waals surface area contributed by atoms with Crippen LogP contribution in [-0.2, 0) is 14.3 Å². The van der Waals surface area contributed by atoms with Crippen LogP contribution in [-0.4, -0.2) is 30.6 Å². The number of ketones is 1. The van der Waals surface area contributed by atoms with Gasteiger partial charge in [-0.25, -0.2) is 4.79 Å². The summed E-state index contributed by atoms with van der Waals surface area (Å²) in [5, 5.41) is 2.75. The van der Waals surface area contributed by atoms with E-state index in [0.29, 0.717) is 12.3 Å². The Labute approximate surface area is 145 Å². The van der Waals surface area contributed by atoms with Gasteiger partial charge in [-0.2, -0.15) is 0 Å². The van der Waals surface area contributed by atoms with Crippen LogP contribution in [0.5, 0.6) is 0 Å². The number of unbranched alkanes of at least 4 members (excludes halogenated alkanes) is 5. The standard InChI is InChI=1S/C19H31NO4/c1-5-6-7-8-9-10-12-20-18(22)23-13-11-15(2)16-14-17(21)19(3,4)24-16/h11,14H,5-10,12-13H2,1-4H3,(H,20,22)/b15-11+. The van der Waals surface area contributed by atoms with E-state index in [9.17, 15) is 9.59 Å². The highest BCUT2D eigenvalue weighted by Crippen LogP contribution is 2.28. The van der Waals surface area contributed by atoms with Gasteiger partial charge < -0.3 is 14.8 Å². The lowest BCUT2D eigenvalue weighted by molar-refractivity contribution is -0.126. The lowest BCUT2D eigenvalue weighted by atomic mass is 10.1. The SMILES string of the molecule is CCCCCCCCNC(=O)OC/C=C(\C)C1=CC(=O)C(C)(C)O1. The van der Waals surface area contributed by atoms with E-state index >= 15 is 0 Å². The van der Waals surface area contributed by atoms with Crippen LogP contribution in [0.1, 0.15) is 66.2 Å². The van der Waals surface area contributed by atoms with Crippen LogP contribution in [0.15, 0.2) is 23.5 Å². The zero-order chi connectivity index (χ0) is 18.0. The summed E-state index contributed by atoms with van der Waals surface area (Å²) in [6.45, 7) is 8.30. The number of ether oxygens (including phenoxy) is 2. The first-order valence-electron chi connectivity index (χ1n) is 8.89. The molecule has 5 nitrogen and oxygen atoms in total. The third kappa shape index (κ3) is 7.20. The second-order valence-corrected chi connectivity index (χ2v) is 6.67. The Bertz CT molecular complexity index is 492. The minimum absolute atomic E-state index is 0.0529. The molecule has 1 amide bonds. The molecule has 0 spiro atoms. The predicted molar refractivity (Wildman–Crippen MR) is 94.7 cm³/mol. The van der Waals surface area contributed by atoms with Crippen molar-refractivity contribution in [1.82, 2.24) is 5.32 Å². The van der Waals surface area contributed by atoms with Crippen molar-refractivity contribution in [1.29, 1.82) is 0 Å². The Morgan fingerprint density at radius 1 is 1.25 bits per heavy atom. The number of carbonyl (C=O) groups is 2. The van der Waals surface area contributed by atoms with Crippen molar-refractivity contribution in [2.24, 2.45) is 0 Å². The fourth-order valence-corrected chi connectivity index (χ4v) is 2.33. The zero-order valence-corrected chi connectivity index (χ0v) is 15.4. The molecule has 1 heterocycles. The van der Waals surface area contributed by atoms with Crippen LogP contribution in [0.25, 0.3) is 0 Å². The number of rotatable bonds is 10. The van der Waals surface area contributed by atoms with Gasteiger partial charge in [0.15, 0.2) is 5.60 Å². The Balaban J connectivity index is 2.16. The maximum absolute atomic E-state index is 11.7. The average molecular weight is 337 g/mol. The van der Waals surface area contributed by atoms with Gasteiger partial charge in [-0.05, 0) is 38.8 Å². The molecule has 24 heavy (non-hydrogen) atoms. The minimum atomic E-state index is -0.806. The monoisotopic (exact) mass is 337 g/mol. The third-order valence-electron chi connectivity index (χ3n) is 4.01. The lowest BCUT2D eigenvalue weighted by Gasteiger charge is -2.18. The Kier molecular flexibility index (Phi) is 8.58. The molecule has 0 aliphatic carbocycles. The first kappa shape index (κ1) is 20.3. The van der Waals surface area contributed by atoms with Crippen molar-refractivity contribution in [3.8, 4) is 0 Å². The molecule has 0 bridgehead atoms. The topological polar surface area (TPSA) is 64.6 Å². The third-order valence-corrected chi connectivity index (χ3v) is 4.01. The number of carbonyl (C=O) groups excluding carboxylic acids is 2. The maximum atomic E-state index is 11.7. The average Bonchev–Trinajstić information content (AvgIpc) is 2.80. The Morgan fingerprint density at radius 3 is 2.54 bits per heavy atom. The van der Waals surface area contributed by atoms with Gasteiger partial charge in [-0.15, -0.1) is 0 Å². The Morgan fingerprint density at radius 2 is 1.92 bits per heavy atom. The van der Waals surface area contributed by atoms with E-state index < -0.39 is 11.7 Å². The number of hydrogen-bond donors (Lipinski definition) is 1. The summed E-state index contributed by atoms with van der Waals surface area (Å²) < 4.78 is 10.7. The van der Waals surface area contributed by atoms with Crippen molar-refractivity contribution in [2.45, 2.75) is 71.8 Å². The van der Waals surface area contributed by atoms with E-state index in [4.69, 9.17) is 9.47 Å². The molecule has 0 saturated heterocycles. The maximum Gasteiger partial charge on any atom is 0.407 e. The molecule has 1 N–H and O–H groups in total. The van der Waals surface area contributed by atoms with Crippen LogP contribution in [0.2, 0.25) is 0 Å². The zero-order valence-electron chi connectivity index (χ0n) is 15.4. The Hall–Kier alpha value is -1.78. The summed E-state index contributed by atoms with van der Waals surface area (Å²) in [7, 11) is 0. The fraction of sp³-hybridized carbons (Fsp3) is 0.684. The van der Waals surface area contributed by atoms with Gasteiger partial charge >= 0.3 is 6.09 Å². The summed E-state index contributed by atoms with van der Waals surface area (Å²) in [6.07, 6.45) is 9.94. The second kappa shape index (κ2) is 10.2. The van der Waals surface area contributed by atoms with Crippen molar-refractivity contribution >= 4 is 11.9 Å². The van der Waals surface area contributed by atoms with E-state index in [1.165, 1.54) is 31.8 Å². The predicted octanol–water partition coefficient (Wildman–Crippen LogP) is 4.28. The molecule has 0 saturated carbocycles. The number of hydrogen-bond acceptors (Lipinski definition) is 4. The normalized spacial score (nSPS) is 16.6. The number of allylic oxidation sites excluding steroid dienone is 1. The van der Waals surface area contributed by atoms with Crippen LogP contribution < -0.4 is 5.32 Å². The quantitative estimate of drug-likeness (QED) is 0.604. The molecule has 0 fully saturated rings. The summed E-state index contributed by atoms with van der Waals surface area (Å²) in [6, 6.07) is 0. The molecule has 5 heteroatoms.